The van der Waals surface area contributed by atoms with Crippen LogP contribution < -0.4 is 20.1 Å². The molecule has 272 valence electrons. The molecule has 0 bridgehead atoms. The molecule has 0 saturated carbocycles. The van der Waals surface area contributed by atoms with Gasteiger partial charge in [0, 0.05) is 42.0 Å². The molecule has 0 aliphatic carbocycles. The lowest BCUT2D eigenvalue weighted by atomic mass is 9.82. The maximum atomic E-state index is 14.4. The van der Waals surface area contributed by atoms with Gasteiger partial charge in [0.2, 0.25) is 5.91 Å². The number of hydrogen-bond donors (Lipinski definition) is 2. The summed E-state index contributed by atoms with van der Waals surface area (Å²) in [4.78, 5) is 29.7. The fraction of sp³-hybridized carbons (Fsp3) is 0.333. The van der Waals surface area contributed by atoms with E-state index in [9.17, 15) is 14.7 Å². The molecule has 11 heteroatoms. The topological polar surface area (TPSA) is 119 Å². The lowest BCUT2D eigenvalue weighted by Gasteiger charge is -2.37. The average molecular weight is 728 g/mol. The highest BCUT2D eigenvalue weighted by atomic mass is 28.3. The molecule has 1 fully saturated rings. The molecule has 4 aromatic carbocycles. The number of aliphatic hydroxyl groups is 1. The van der Waals surface area contributed by atoms with Crippen LogP contribution in [0, 0.1) is 5.92 Å². The molecule has 1 spiro atoms. The summed E-state index contributed by atoms with van der Waals surface area (Å²) >= 11 is 0. The fourth-order valence-corrected chi connectivity index (χ4v) is 13.2. The molecule has 2 N–H and O–H groups in total. The van der Waals surface area contributed by atoms with E-state index in [2.05, 4.69) is 53.8 Å². The van der Waals surface area contributed by atoms with Crippen molar-refractivity contribution in [1.82, 2.24) is 15.0 Å². The Morgan fingerprint density at radius 1 is 1.00 bits per heavy atom. The summed E-state index contributed by atoms with van der Waals surface area (Å²) in [5.41, 5.74) is 4.67. The maximum absolute atomic E-state index is 14.4. The quantitative estimate of drug-likeness (QED) is 0.163. The van der Waals surface area contributed by atoms with E-state index in [-0.39, 0.29) is 41.9 Å². The minimum absolute atomic E-state index is 0.0297. The number of aryl methyl sites for hydroxylation is 2. The Hall–Kier alpha value is -5.10. The molecular formula is C42H45N5O5Si. The fourth-order valence-electron chi connectivity index (χ4n) is 9.14. The zero-order valence-corrected chi connectivity index (χ0v) is 31.5. The first-order valence-electron chi connectivity index (χ1n) is 18.4. The van der Waals surface area contributed by atoms with Gasteiger partial charge in [0.05, 0.1) is 45.2 Å². The second-order valence-corrected chi connectivity index (χ2v) is 19.7. The van der Waals surface area contributed by atoms with E-state index in [0.717, 1.165) is 33.8 Å². The summed E-state index contributed by atoms with van der Waals surface area (Å²) in [5, 5.41) is 23.6. The van der Waals surface area contributed by atoms with Gasteiger partial charge in [0.1, 0.15) is 5.75 Å². The zero-order valence-electron chi connectivity index (χ0n) is 30.5. The largest absolute Gasteiger partial charge is 0.497 e. The summed E-state index contributed by atoms with van der Waals surface area (Å²) < 4.78 is 14.5. The van der Waals surface area contributed by atoms with E-state index in [0.29, 0.717) is 37.2 Å². The number of rotatable bonds is 10. The van der Waals surface area contributed by atoms with Crippen LogP contribution in [-0.4, -0.2) is 59.8 Å². The van der Waals surface area contributed by atoms with E-state index in [1.807, 2.05) is 89.7 Å². The van der Waals surface area contributed by atoms with E-state index < -0.39 is 13.7 Å². The second kappa shape index (κ2) is 13.7. The highest BCUT2D eigenvalue weighted by Gasteiger charge is 2.64. The van der Waals surface area contributed by atoms with Gasteiger partial charge in [-0.05, 0) is 65.9 Å². The molecule has 3 aliphatic heterocycles. The number of anilines is 3. The molecule has 53 heavy (non-hydrogen) atoms. The molecule has 4 heterocycles. The molecule has 8 rings (SSSR count). The highest BCUT2D eigenvalue weighted by Crippen LogP contribution is 2.59. The number of methoxy groups -OCH3 is 1. The number of aromatic nitrogens is 3. The van der Waals surface area contributed by atoms with Gasteiger partial charge in [-0.1, -0.05) is 91.1 Å². The lowest BCUT2D eigenvalue weighted by molar-refractivity contribution is -0.143. The Kier molecular flexibility index (Phi) is 9.04. The summed E-state index contributed by atoms with van der Waals surface area (Å²) in [6, 6.07) is 32.0. The number of nitrogens with one attached hydrogen (secondary N) is 1. The Balaban J connectivity index is 1.16. The number of nitrogens with zero attached hydrogens (tertiary/aromatic N) is 4. The van der Waals surface area contributed by atoms with Gasteiger partial charge in [-0.3, -0.25) is 19.2 Å². The number of carbonyl (C=O) groups excluding carboxylic acids is 2. The van der Waals surface area contributed by atoms with Crippen molar-refractivity contribution in [2.45, 2.75) is 69.0 Å². The molecule has 5 aromatic rings. The van der Waals surface area contributed by atoms with E-state index in [1.54, 1.807) is 12.0 Å². The standard InChI is InChI=1S/C42H45N5O5Si/c1-27-40(53(3,4)32-18-16-31(51-2)17-19-32)38(22-23-46-25-36(44-45-46)33(26-48)28-10-6-5-7-11-28)52-42(27)34-24-30(15-20-35(34)43-41(42)50)47-37-13-9-8-12-29(37)14-21-39(47)49/h5-13,15-20,24-25,27,33,38,40,48H,14,21-23,26H2,1-4H3,(H,43,50)/t27-,33?,38+,40-,42+/m0/s1. The zero-order chi connectivity index (χ0) is 36.9. The maximum Gasteiger partial charge on any atom is 0.261 e. The molecule has 1 unspecified atom stereocenters. The minimum Gasteiger partial charge on any atom is -0.497 e. The van der Waals surface area contributed by atoms with Crippen LogP contribution in [0.4, 0.5) is 17.1 Å². The van der Waals surface area contributed by atoms with E-state index in [1.165, 1.54) is 5.19 Å². The first-order chi connectivity index (χ1) is 25.6. The number of fused-ring (bicyclic) bond motifs is 3. The summed E-state index contributed by atoms with van der Waals surface area (Å²) in [5.74, 6) is 0.178. The molecular weight excluding hydrogens is 683 g/mol. The number of amides is 2. The third kappa shape index (κ3) is 5.87. The van der Waals surface area contributed by atoms with Gasteiger partial charge in [-0.15, -0.1) is 5.10 Å². The number of carbonyl (C=O) groups is 2. The number of ether oxygens (including phenoxy) is 2. The summed E-state index contributed by atoms with van der Waals surface area (Å²) in [7, 11) is -0.692. The molecule has 3 aliphatic rings. The van der Waals surface area contributed by atoms with Crippen LogP contribution in [0.25, 0.3) is 0 Å². The van der Waals surface area contributed by atoms with Gasteiger partial charge < -0.3 is 19.9 Å². The second-order valence-electron chi connectivity index (χ2n) is 15.0. The number of para-hydroxylation sites is 1. The monoisotopic (exact) mass is 727 g/mol. The van der Waals surface area contributed by atoms with Gasteiger partial charge in [0.25, 0.3) is 5.91 Å². The molecule has 0 radical (unpaired) electrons. The first-order valence-corrected chi connectivity index (χ1v) is 21.5. The number of benzene rings is 4. The first kappa shape index (κ1) is 35.0. The van der Waals surface area contributed by atoms with Crippen LogP contribution in [-0.2, 0) is 32.9 Å². The van der Waals surface area contributed by atoms with Gasteiger partial charge in [0.15, 0.2) is 5.60 Å². The lowest BCUT2D eigenvalue weighted by Crippen LogP contribution is -2.51. The number of aliphatic hydroxyl groups excluding tert-OH is 1. The number of hydrogen-bond acceptors (Lipinski definition) is 7. The molecule has 1 aromatic heterocycles. The molecule has 5 atom stereocenters. The normalized spacial score (nSPS) is 22.8. The third-order valence-electron chi connectivity index (χ3n) is 11.9. The van der Waals surface area contributed by atoms with Crippen molar-refractivity contribution in [2.75, 3.05) is 23.9 Å². The van der Waals surface area contributed by atoms with Crippen molar-refractivity contribution >= 4 is 42.1 Å². The summed E-state index contributed by atoms with van der Waals surface area (Å²) in [6.45, 7) is 7.31. The van der Waals surface area contributed by atoms with Crippen molar-refractivity contribution < 1.29 is 24.2 Å². The van der Waals surface area contributed by atoms with Crippen LogP contribution in [0.15, 0.2) is 103 Å². The van der Waals surface area contributed by atoms with Crippen LogP contribution in [0.2, 0.25) is 18.6 Å². The van der Waals surface area contributed by atoms with Crippen LogP contribution in [0.5, 0.6) is 5.75 Å². The van der Waals surface area contributed by atoms with Gasteiger partial charge in [-0.2, -0.15) is 0 Å². The van der Waals surface area contributed by atoms with Crippen molar-refractivity contribution in [2.24, 2.45) is 5.92 Å². The minimum atomic E-state index is -2.36. The SMILES string of the molecule is COc1ccc([Si](C)(C)[C@@H]2[C@@H](CCn3cc(C(CO)c4ccccc4)nn3)O[C@]3(C(=O)Nc4ccc(N5C(=O)CCc6ccccc65)cc43)[C@H]2C)cc1. The molecule has 10 nitrogen and oxygen atoms in total. The predicted octanol–water partition coefficient (Wildman–Crippen LogP) is 6.28. The Morgan fingerprint density at radius 2 is 1.75 bits per heavy atom. The highest BCUT2D eigenvalue weighted by molar-refractivity contribution is 6.91. The average Bonchev–Trinajstić information content (AvgIpc) is 3.85. The Bertz CT molecular complexity index is 2150. The van der Waals surface area contributed by atoms with E-state index in [4.69, 9.17) is 9.47 Å². The Labute approximate surface area is 310 Å². The predicted molar refractivity (Wildman–Crippen MR) is 207 cm³/mol. The van der Waals surface area contributed by atoms with Crippen molar-refractivity contribution in [3.05, 3.63) is 126 Å². The molecule has 1 saturated heterocycles. The van der Waals surface area contributed by atoms with Crippen LogP contribution in [0.3, 0.4) is 0 Å². The van der Waals surface area contributed by atoms with Crippen LogP contribution in [0.1, 0.15) is 48.1 Å². The smallest absolute Gasteiger partial charge is 0.261 e. The Morgan fingerprint density at radius 3 is 2.51 bits per heavy atom. The van der Waals surface area contributed by atoms with Gasteiger partial charge in [-0.25, -0.2) is 0 Å². The summed E-state index contributed by atoms with van der Waals surface area (Å²) in [6.07, 6.45) is 3.34. The third-order valence-corrected chi connectivity index (χ3v) is 16.2. The van der Waals surface area contributed by atoms with Crippen molar-refractivity contribution in [3.63, 3.8) is 0 Å². The van der Waals surface area contributed by atoms with Crippen molar-refractivity contribution in [3.8, 4) is 5.75 Å². The molecule has 2 amide bonds. The van der Waals surface area contributed by atoms with Crippen LogP contribution >= 0.6 is 0 Å². The van der Waals surface area contributed by atoms with Gasteiger partial charge >= 0.3 is 0 Å². The van der Waals surface area contributed by atoms with Crippen molar-refractivity contribution in [1.29, 1.82) is 0 Å². The van der Waals surface area contributed by atoms with E-state index >= 15 is 0 Å².